The number of aromatic nitrogens is 1. The van der Waals surface area contributed by atoms with E-state index in [0.29, 0.717) is 6.61 Å². The lowest BCUT2D eigenvalue weighted by molar-refractivity contribution is 0.181. The van der Waals surface area contributed by atoms with Crippen molar-refractivity contribution in [3.63, 3.8) is 0 Å². The minimum Gasteiger partial charge on any atom is -0.496 e. The Labute approximate surface area is 130 Å². The summed E-state index contributed by atoms with van der Waals surface area (Å²) >= 11 is 1.73. The number of nitrogens with one attached hydrogen (secondary N) is 1. The fourth-order valence-corrected chi connectivity index (χ4v) is 2.92. The van der Waals surface area contributed by atoms with Crippen molar-refractivity contribution in [2.75, 3.05) is 14.2 Å². The summed E-state index contributed by atoms with van der Waals surface area (Å²) in [5.41, 5.74) is 2.28. The molecule has 0 aliphatic heterocycles. The molecule has 0 amide bonds. The van der Waals surface area contributed by atoms with Crippen LogP contribution in [0.15, 0.2) is 24.4 Å². The Morgan fingerprint density at radius 3 is 2.76 bits per heavy atom. The van der Waals surface area contributed by atoms with Gasteiger partial charge < -0.3 is 14.8 Å². The number of rotatable bonds is 7. The van der Waals surface area contributed by atoms with Crippen molar-refractivity contribution >= 4 is 11.3 Å². The third kappa shape index (κ3) is 4.27. The van der Waals surface area contributed by atoms with Crippen molar-refractivity contribution in [1.82, 2.24) is 10.3 Å². The lowest BCUT2D eigenvalue weighted by atomic mass is 10.0. The molecule has 0 bridgehead atoms. The van der Waals surface area contributed by atoms with Crippen LogP contribution in [-0.4, -0.2) is 19.2 Å². The quantitative estimate of drug-likeness (QED) is 0.851. The number of hydrogen-bond acceptors (Lipinski definition) is 5. The highest BCUT2D eigenvalue weighted by molar-refractivity contribution is 7.11. The van der Waals surface area contributed by atoms with E-state index in [-0.39, 0.29) is 6.04 Å². The predicted molar refractivity (Wildman–Crippen MR) is 85.8 cm³/mol. The van der Waals surface area contributed by atoms with Gasteiger partial charge in [-0.05, 0) is 31.5 Å². The number of methoxy groups -OCH3 is 2. The van der Waals surface area contributed by atoms with Crippen LogP contribution in [0.4, 0.5) is 0 Å². The van der Waals surface area contributed by atoms with Crippen LogP contribution in [0.5, 0.6) is 5.75 Å². The van der Waals surface area contributed by atoms with Crippen LogP contribution in [0, 0.1) is 6.92 Å². The molecule has 0 fully saturated rings. The summed E-state index contributed by atoms with van der Waals surface area (Å²) in [6.07, 6.45) is 1.91. The Morgan fingerprint density at radius 2 is 2.14 bits per heavy atom. The van der Waals surface area contributed by atoms with Gasteiger partial charge in [0, 0.05) is 36.3 Å². The normalized spacial score (nSPS) is 12.4. The molecule has 0 saturated carbocycles. The van der Waals surface area contributed by atoms with E-state index in [2.05, 4.69) is 36.3 Å². The van der Waals surface area contributed by atoms with Gasteiger partial charge in [0.25, 0.3) is 0 Å². The summed E-state index contributed by atoms with van der Waals surface area (Å²) in [5.74, 6) is 0.864. The molecule has 4 nitrogen and oxygen atoms in total. The molecule has 0 radical (unpaired) electrons. The smallest absolute Gasteiger partial charge is 0.124 e. The minimum atomic E-state index is 0.246. The zero-order valence-corrected chi connectivity index (χ0v) is 13.8. The summed E-state index contributed by atoms with van der Waals surface area (Å²) < 4.78 is 10.6. The van der Waals surface area contributed by atoms with E-state index in [9.17, 15) is 0 Å². The standard InChI is InChI=1S/C16H22N2O2S/c1-11-8-18-16(21-11)9-17-12(2)13-5-6-15(20-4)14(7-13)10-19-3/h5-8,12,17H,9-10H2,1-4H3. The van der Waals surface area contributed by atoms with Gasteiger partial charge in [0.05, 0.1) is 13.7 Å². The van der Waals surface area contributed by atoms with Crippen molar-refractivity contribution in [3.8, 4) is 5.75 Å². The highest BCUT2D eigenvalue weighted by Crippen LogP contribution is 2.24. The average molecular weight is 306 g/mol. The molecule has 1 N–H and O–H groups in total. The molecule has 2 aromatic rings. The first-order chi connectivity index (χ1) is 10.1. The Hall–Kier alpha value is -1.43. The molecule has 5 heteroatoms. The van der Waals surface area contributed by atoms with E-state index in [4.69, 9.17) is 9.47 Å². The molecule has 1 heterocycles. The highest BCUT2D eigenvalue weighted by Gasteiger charge is 2.10. The summed E-state index contributed by atoms with van der Waals surface area (Å²) in [5, 5.41) is 4.62. The van der Waals surface area contributed by atoms with Crippen LogP contribution in [0.1, 0.15) is 34.0 Å². The largest absolute Gasteiger partial charge is 0.496 e. The third-order valence-corrected chi connectivity index (χ3v) is 4.25. The van der Waals surface area contributed by atoms with Crippen LogP contribution in [-0.2, 0) is 17.9 Å². The Kier molecular flexibility index (Phi) is 5.73. The monoisotopic (exact) mass is 306 g/mol. The molecular formula is C16H22N2O2S. The Bertz CT molecular complexity index is 583. The second-order valence-corrected chi connectivity index (χ2v) is 6.29. The topological polar surface area (TPSA) is 43.4 Å². The first-order valence-corrected chi connectivity index (χ1v) is 7.76. The fourth-order valence-electron chi connectivity index (χ4n) is 2.18. The molecule has 0 spiro atoms. The number of thiazole rings is 1. The van der Waals surface area contributed by atoms with Crippen LogP contribution >= 0.6 is 11.3 Å². The molecule has 1 atom stereocenters. The molecule has 0 saturated heterocycles. The summed E-state index contributed by atoms with van der Waals surface area (Å²) in [6.45, 7) is 5.56. The molecular weight excluding hydrogens is 284 g/mol. The van der Waals surface area contributed by atoms with Crippen molar-refractivity contribution in [2.45, 2.75) is 33.0 Å². The van der Waals surface area contributed by atoms with Crippen molar-refractivity contribution in [1.29, 1.82) is 0 Å². The SMILES string of the molecule is COCc1cc(C(C)NCc2ncc(C)s2)ccc1OC. The van der Waals surface area contributed by atoms with E-state index >= 15 is 0 Å². The van der Waals surface area contributed by atoms with Gasteiger partial charge in [-0.3, -0.25) is 0 Å². The lowest BCUT2D eigenvalue weighted by Gasteiger charge is -2.16. The van der Waals surface area contributed by atoms with E-state index in [0.717, 1.165) is 22.9 Å². The van der Waals surface area contributed by atoms with Crippen molar-refractivity contribution in [3.05, 3.63) is 45.4 Å². The van der Waals surface area contributed by atoms with E-state index in [1.807, 2.05) is 12.3 Å². The maximum absolute atomic E-state index is 5.36. The molecule has 1 unspecified atom stereocenters. The van der Waals surface area contributed by atoms with Crippen LogP contribution in [0.3, 0.4) is 0 Å². The Balaban J connectivity index is 2.04. The van der Waals surface area contributed by atoms with Crippen LogP contribution in [0.25, 0.3) is 0 Å². The molecule has 1 aromatic heterocycles. The van der Waals surface area contributed by atoms with Gasteiger partial charge in [-0.2, -0.15) is 0 Å². The number of ether oxygens (including phenoxy) is 2. The van der Waals surface area contributed by atoms with Gasteiger partial charge in [-0.1, -0.05) is 6.07 Å². The number of aryl methyl sites for hydroxylation is 1. The van der Waals surface area contributed by atoms with Gasteiger partial charge in [0.2, 0.25) is 0 Å². The first kappa shape index (κ1) is 15.9. The maximum Gasteiger partial charge on any atom is 0.124 e. The van der Waals surface area contributed by atoms with Crippen molar-refractivity contribution < 1.29 is 9.47 Å². The van der Waals surface area contributed by atoms with Gasteiger partial charge in [0.1, 0.15) is 10.8 Å². The fraction of sp³-hybridized carbons (Fsp3) is 0.438. The molecule has 0 aliphatic carbocycles. The zero-order chi connectivity index (χ0) is 15.2. The second-order valence-electron chi connectivity index (χ2n) is 4.97. The number of benzene rings is 1. The van der Waals surface area contributed by atoms with E-state index in [1.54, 1.807) is 25.6 Å². The van der Waals surface area contributed by atoms with Crippen LogP contribution < -0.4 is 10.1 Å². The molecule has 1 aromatic carbocycles. The molecule has 0 aliphatic rings. The minimum absolute atomic E-state index is 0.246. The van der Waals surface area contributed by atoms with Gasteiger partial charge in [-0.25, -0.2) is 4.98 Å². The van der Waals surface area contributed by atoms with E-state index in [1.165, 1.54) is 10.4 Å². The Morgan fingerprint density at radius 1 is 1.33 bits per heavy atom. The molecule has 2 rings (SSSR count). The predicted octanol–water partition coefficient (Wildman–Crippen LogP) is 3.46. The van der Waals surface area contributed by atoms with Crippen LogP contribution in [0.2, 0.25) is 0 Å². The average Bonchev–Trinajstić information content (AvgIpc) is 2.90. The summed E-state index contributed by atoms with van der Waals surface area (Å²) in [6, 6.07) is 6.46. The van der Waals surface area contributed by atoms with E-state index < -0.39 is 0 Å². The maximum atomic E-state index is 5.36. The van der Waals surface area contributed by atoms with Crippen molar-refractivity contribution in [2.24, 2.45) is 0 Å². The van der Waals surface area contributed by atoms with Gasteiger partial charge >= 0.3 is 0 Å². The summed E-state index contributed by atoms with van der Waals surface area (Å²) in [4.78, 5) is 5.61. The van der Waals surface area contributed by atoms with Gasteiger partial charge in [-0.15, -0.1) is 11.3 Å². The first-order valence-electron chi connectivity index (χ1n) is 6.94. The molecule has 21 heavy (non-hydrogen) atoms. The highest BCUT2D eigenvalue weighted by atomic mass is 32.1. The summed E-state index contributed by atoms with van der Waals surface area (Å²) in [7, 11) is 3.37. The number of nitrogens with zero attached hydrogens (tertiary/aromatic N) is 1. The third-order valence-electron chi connectivity index (χ3n) is 3.33. The van der Waals surface area contributed by atoms with Gasteiger partial charge in [0.15, 0.2) is 0 Å². The lowest BCUT2D eigenvalue weighted by Crippen LogP contribution is -2.18. The molecule has 114 valence electrons. The zero-order valence-electron chi connectivity index (χ0n) is 13.0. The number of hydrogen-bond donors (Lipinski definition) is 1. The second kappa shape index (κ2) is 7.54.